The fourth-order valence-electron chi connectivity index (χ4n) is 1.83. The molecule has 0 aromatic heterocycles. The molecule has 0 bridgehead atoms. The predicted molar refractivity (Wildman–Crippen MR) is 65.7 cm³/mol. The molecule has 1 aromatic rings. The molecule has 0 heterocycles. The summed E-state index contributed by atoms with van der Waals surface area (Å²) in [7, 11) is 1.55. The van der Waals surface area contributed by atoms with Gasteiger partial charge in [-0.25, -0.2) is 8.42 Å². The zero-order chi connectivity index (χ0) is 12.7. The Morgan fingerprint density at radius 3 is 2.47 bits per heavy atom. The zero-order valence-electron chi connectivity index (χ0n) is 9.39. The van der Waals surface area contributed by atoms with Crippen LogP contribution in [0.4, 0.5) is 0 Å². The van der Waals surface area contributed by atoms with E-state index < -0.39 is 9.05 Å². The molecule has 6 heteroatoms. The predicted octanol–water partition coefficient (Wildman–Crippen LogP) is 1.73. The quantitative estimate of drug-likeness (QED) is 0.850. The van der Waals surface area contributed by atoms with E-state index in [0.717, 1.165) is 6.42 Å². The van der Waals surface area contributed by atoms with E-state index in [4.69, 9.17) is 21.2 Å². The van der Waals surface area contributed by atoms with Gasteiger partial charge >= 0.3 is 0 Å². The Kier molecular flexibility index (Phi) is 3.10. The van der Waals surface area contributed by atoms with Gasteiger partial charge in [-0.3, -0.25) is 0 Å². The van der Waals surface area contributed by atoms with Crippen LogP contribution in [0.5, 0.6) is 5.75 Å². The number of ether oxygens (including phenoxy) is 1. The Labute approximate surface area is 105 Å². The molecule has 1 aromatic carbocycles. The topological polar surface area (TPSA) is 69.4 Å². The summed E-state index contributed by atoms with van der Waals surface area (Å²) in [6.07, 6.45) is 0.930. The van der Waals surface area contributed by atoms with Gasteiger partial charge in [0.25, 0.3) is 9.05 Å². The first-order valence-corrected chi connectivity index (χ1v) is 7.60. The summed E-state index contributed by atoms with van der Waals surface area (Å²) in [5.74, 6) is 1.01. The van der Waals surface area contributed by atoms with Gasteiger partial charge < -0.3 is 10.5 Å². The van der Waals surface area contributed by atoms with Crippen LogP contribution in [-0.2, 0) is 9.05 Å². The lowest BCUT2D eigenvalue weighted by Gasteiger charge is -2.14. The molecule has 0 aliphatic heterocycles. The molecule has 17 heavy (non-hydrogen) atoms. The van der Waals surface area contributed by atoms with Gasteiger partial charge in [-0.2, -0.15) is 0 Å². The number of benzene rings is 1. The number of hydrogen-bond acceptors (Lipinski definition) is 4. The average molecular weight is 276 g/mol. The number of rotatable bonds is 4. The molecule has 2 atom stereocenters. The lowest BCUT2D eigenvalue weighted by Crippen LogP contribution is -2.20. The van der Waals surface area contributed by atoms with Gasteiger partial charge in [0, 0.05) is 16.6 Å². The number of hydrogen-bond donors (Lipinski definition) is 1. The standard InChI is InChI=1S/C11H14ClNO3S/c1-11(6-8(11)7-13)16-9-2-4-10(5-3-9)17(12,14)15/h2-5,8H,6-7,13H2,1H3. The van der Waals surface area contributed by atoms with Crippen molar-refractivity contribution in [3.05, 3.63) is 24.3 Å². The molecule has 1 aliphatic rings. The minimum atomic E-state index is -3.67. The summed E-state index contributed by atoms with van der Waals surface area (Å²) in [6.45, 7) is 2.60. The van der Waals surface area contributed by atoms with Crippen LogP contribution in [0.1, 0.15) is 13.3 Å². The molecule has 1 aliphatic carbocycles. The van der Waals surface area contributed by atoms with Crippen LogP contribution in [0.2, 0.25) is 0 Å². The van der Waals surface area contributed by atoms with Gasteiger partial charge in [-0.1, -0.05) is 0 Å². The highest BCUT2D eigenvalue weighted by atomic mass is 35.7. The molecule has 94 valence electrons. The van der Waals surface area contributed by atoms with E-state index >= 15 is 0 Å². The van der Waals surface area contributed by atoms with E-state index in [-0.39, 0.29) is 10.5 Å². The minimum absolute atomic E-state index is 0.0721. The SMILES string of the molecule is CC1(Oc2ccc(S(=O)(=O)Cl)cc2)CC1CN. The lowest BCUT2D eigenvalue weighted by atomic mass is 10.3. The summed E-state index contributed by atoms with van der Waals surface area (Å²) >= 11 is 0. The first-order valence-electron chi connectivity index (χ1n) is 5.29. The Hall–Kier alpha value is -0.780. The van der Waals surface area contributed by atoms with Gasteiger partial charge in [-0.15, -0.1) is 0 Å². The maximum atomic E-state index is 11.0. The Bertz CT molecular complexity index is 514. The van der Waals surface area contributed by atoms with Crippen LogP contribution in [0.15, 0.2) is 29.2 Å². The Morgan fingerprint density at radius 1 is 1.47 bits per heavy atom. The van der Waals surface area contributed by atoms with Crippen molar-refractivity contribution in [3.63, 3.8) is 0 Å². The number of nitrogens with two attached hydrogens (primary N) is 1. The second-order valence-electron chi connectivity index (χ2n) is 4.46. The molecule has 1 fully saturated rings. The Balaban J connectivity index is 2.10. The molecular formula is C11H14ClNO3S. The molecular weight excluding hydrogens is 262 g/mol. The van der Waals surface area contributed by atoms with E-state index in [0.29, 0.717) is 18.2 Å². The highest BCUT2D eigenvalue weighted by Crippen LogP contribution is 2.45. The van der Waals surface area contributed by atoms with Crippen molar-refractivity contribution in [1.29, 1.82) is 0 Å². The molecule has 2 unspecified atom stereocenters. The van der Waals surface area contributed by atoms with Crippen molar-refractivity contribution >= 4 is 19.7 Å². The summed E-state index contributed by atoms with van der Waals surface area (Å²) in [5, 5.41) is 0. The third kappa shape index (κ3) is 2.73. The second kappa shape index (κ2) is 4.15. The molecule has 4 nitrogen and oxygen atoms in total. The van der Waals surface area contributed by atoms with Crippen molar-refractivity contribution in [3.8, 4) is 5.75 Å². The van der Waals surface area contributed by atoms with Crippen molar-refractivity contribution in [1.82, 2.24) is 0 Å². The zero-order valence-corrected chi connectivity index (χ0v) is 11.0. The molecule has 0 spiro atoms. The van der Waals surface area contributed by atoms with Crippen LogP contribution < -0.4 is 10.5 Å². The van der Waals surface area contributed by atoms with Crippen molar-refractivity contribution < 1.29 is 13.2 Å². The summed E-state index contributed by atoms with van der Waals surface area (Å²) < 4.78 is 27.9. The minimum Gasteiger partial charge on any atom is -0.487 e. The van der Waals surface area contributed by atoms with Crippen molar-refractivity contribution in [2.24, 2.45) is 11.7 Å². The van der Waals surface area contributed by atoms with Crippen molar-refractivity contribution in [2.75, 3.05) is 6.54 Å². The average Bonchev–Trinajstić information content (AvgIpc) is 2.88. The van der Waals surface area contributed by atoms with E-state index in [2.05, 4.69) is 0 Å². The maximum Gasteiger partial charge on any atom is 0.261 e. The lowest BCUT2D eigenvalue weighted by molar-refractivity contribution is 0.182. The summed E-state index contributed by atoms with van der Waals surface area (Å²) in [4.78, 5) is 0.0721. The van der Waals surface area contributed by atoms with Gasteiger partial charge in [-0.05, 0) is 44.2 Å². The molecule has 0 amide bonds. The van der Waals surface area contributed by atoms with Crippen LogP contribution in [0, 0.1) is 5.92 Å². The fourth-order valence-corrected chi connectivity index (χ4v) is 2.60. The van der Waals surface area contributed by atoms with E-state index in [1.54, 1.807) is 12.1 Å². The van der Waals surface area contributed by atoms with E-state index in [1.807, 2.05) is 6.92 Å². The van der Waals surface area contributed by atoms with Crippen molar-refractivity contribution in [2.45, 2.75) is 23.8 Å². The number of halogens is 1. The first-order chi connectivity index (χ1) is 7.85. The largest absolute Gasteiger partial charge is 0.487 e. The summed E-state index contributed by atoms with van der Waals surface area (Å²) in [6, 6.07) is 6.07. The highest BCUT2D eigenvalue weighted by molar-refractivity contribution is 8.13. The van der Waals surface area contributed by atoms with Crippen LogP contribution in [0.25, 0.3) is 0 Å². The first kappa shape index (κ1) is 12.7. The van der Waals surface area contributed by atoms with Gasteiger partial charge in [0.2, 0.25) is 0 Å². The van der Waals surface area contributed by atoms with Crippen LogP contribution in [0.3, 0.4) is 0 Å². The molecule has 2 rings (SSSR count). The highest BCUT2D eigenvalue weighted by Gasteiger charge is 2.51. The molecule has 1 saturated carbocycles. The van der Waals surface area contributed by atoms with Gasteiger partial charge in [0.05, 0.1) is 4.90 Å². The molecule has 0 saturated heterocycles. The van der Waals surface area contributed by atoms with Crippen LogP contribution in [-0.4, -0.2) is 20.6 Å². The van der Waals surface area contributed by atoms with E-state index in [1.165, 1.54) is 12.1 Å². The van der Waals surface area contributed by atoms with Gasteiger partial charge in [0.15, 0.2) is 0 Å². The third-order valence-electron chi connectivity index (χ3n) is 3.10. The monoisotopic (exact) mass is 275 g/mol. The van der Waals surface area contributed by atoms with E-state index in [9.17, 15) is 8.42 Å². The summed E-state index contributed by atoms with van der Waals surface area (Å²) in [5.41, 5.74) is 5.36. The molecule has 0 radical (unpaired) electrons. The Morgan fingerprint density at radius 2 is 2.06 bits per heavy atom. The smallest absolute Gasteiger partial charge is 0.261 e. The van der Waals surface area contributed by atoms with Gasteiger partial charge in [0.1, 0.15) is 11.4 Å². The fraction of sp³-hybridized carbons (Fsp3) is 0.455. The third-order valence-corrected chi connectivity index (χ3v) is 4.47. The maximum absolute atomic E-state index is 11.0. The molecule has 2 N–H and O–H groups in total. The second-order valence-corrected chi connectivity index (χ2v) is 7.03. The normalized spacial score (nSPS) is 27.8. The van der Waals surface area contributed by atoms with Crippen LogP contribution >= 0.6 is 10.7 Å².